The Hall–Kier alpha value is -1.53. The van der Waals surface area contributed by atoms with Gasteiger partial charge in [-0.15, -0.1) is 0 Å². The molecule has 5 nitrogen and oxygen atoms in total. The fourth-order valence-electron chi connectivity index (χ4n) is 4.51. The first-order chi connectivity index (χ1) is 13.8. The number of hydrogen-bond acceptors (Lipinski definition) is 3. The SMILES string of the molecule is O=C(Cc1ccccc1)N[C@H](N1C[C@H]2C[C@@H](C1)c1cccc(=O)n1C2)C(Cl)(Cl)Cl. The first kappa shape index (κ1) is 20.7. The molecular weight excluding hydrogens is 433 g/mol. The van der Waals surface area contributed by atoms with Gasteiger partial charge in [0.2, 0.25) is 9.70 Å². The monoisotopic (exact) mass is 453 g/mol. The molecule has 29 heavy (non-hydrogen) atoms. The number of carbonyl (C=O) groups is 1. The Labute approximate surface area is 184 Å². The third-order valence-electron chi connectivity index (χ3n) is 5.69. The van der Waals surface area contributed by atoms with E-state index in [1.165, 1.54) is 0 Å². The van der Waals surface area contributed by atoms with Gasteiger partial charge in [0.25, 0.3) is 5.56 Å². The van der Waals surface area contributed by atoms with Crippen molar-refractivity contribution in [1.29, 1.82) is 0 Å². The van der Waals surface area contributed by atoms with Crippen molar-refractivity contribution in [2.75, 3.05) is 13.1 Å². The van der Waals surface area contributed by atoms with Gasteiger partial charge >= 0.3 is 0 Å². The van der Waals surface area contributed by atoms with Crippen molar-refractivity contribution in [3.63, 3.8) is 0 Å². The van der Waals surface area contributed by atoms with Crippen molar-refractivity contribution >= 4 is 40.7 Å². The number of alkyl halides is 3. The minimum atomic E-state index is -1.67. The van der Waals surface area contributed by atoms with Crippen LogP contribution in [0.15, 0.2) is 53.3 Å². The molecule has 2 aromatic rings. The largest absolute Gasteiger partial charge is 0.336 e. The lowest BCUT2D eigenvalue weighted by Gasteiger charge is -2.47. The van der Waals surface area contributed by atoms with Crippen molar-refractivity contribution in [3.8, 4) is 0 Å². The molecule has 0 saturated carbocycles. The lowest BCUT2D eigenvalue weighted by Crippen LogP contribution is -2.60. The highest BCUT2D eigenvalue weighted by Gasteiger charge is 2.44. The van der Waals surface area contributed by atoms with Gasteiger partial charge in [-0.25, -0.2) is 0 Å². The molecule has 2 aliphatic heterocycles. The maximum atomic E-state index is 12.6. The summed E-state index contributed by atoms with van der Waals surface area (Å²) >= 11 is 18.8. The molecule has 3 atom stereocenters. The topological polar surface area (TPSA) is 54.3 Å². The minimum Gasteiger partial charge on any atom is -0.336 e. The number of amides is 1. The molecule has 1 aromatic heterocycles. The zero-order chi connectivity index (χ0) is 20.6. The number of pyridine rings is 1. The Balaban J connectivity index is 1.53. The number of fused-ring (bicyclic) bond motifs is 4. The third kappa shape index (κ3) is 4.64. The Morgan fingerprint density at radius 1 is 1.07 bits per heavy atom. The van der Waals surface area contributed by atoms with E-state index in [2.05, 4.69) is 5.32 Å². The quantitative estimate of drug-likeness (QED) is 0.721. The van der Waals surface area contributed by atoms with Crippen LogP contribution in [0, 0.1) is 5.92 Å². The second-order valence-corrected chi connectivity index (χ2v) is 10.2. The lowest BCUT2D eigenvalue weighted by molar-refractivity contribution is -0.122. The van der Waals surface area contributed by atoms with Gasteiger partial charge in [0.1, 0.15) is 6.17 Å². The molecule has 1 N–H and O–H groups in total. The molecule has 0 spiro atoms. The maximum absolute atomic E-state index is 12.6. The van der Waals surface area contributed by atoms with E-state index >= 15 is 0 Å². The summed E-state index contributed by atoms with van der Waals surface area (Å²) in [6, 6.07) is 14.8. The standard InChI is InChI=1S/C21H22Cl3N3O2/c22-21(23,24)20(25-18(28)10-14-5-2-1-3-6-14)26-11-15-9-16(13-26)17-7-4-8-19(29)27(17)12-15/h1-8,15-16,20H,9-13H2,(H,25,28)/t15-,16+,20-/m1/s1. The summed E-state index contributed by atoms with van der Waals surface area (Å²) in [5.74, 6) is 0.236. The molecule has 154 valence electrons. The van der Waals surface area contributed by atoms with Crippen molar-refractivity contribution in [1.82, 2.24) is 14.8 Å². The van der Waals surface area contributed by atoms with Crippen LogP contribution < -0.4 is 10.9 Å². The normalized spacial score (nSPS) is 22.6. The highest BCUT2D eigenvalue weighted by atomic mass is 35.6. The van der Waals surface area contributed by atoms with E-state index in [9.17, 15) is 9.59 Å². The van der Waals surface area contributed by atoms with Crippen molar-refractivity contribution in [2.45, 2.75) is 35.3 Å². The second kappa shape index (κ2) is 8.31. The molecule has 0 radical (unpaired) electrons. The molecule has 1 saturated heterocycles. The predicted octanol–water partition coefficient (Wildman–Crippen LogP) is 3.32. The van der Waals surface area contributed by atoms with E-state index in [0.717, 1.165) is 17.7 Å². The van der Waals surface area contributed by atoms with Gasteiger partial charge in [-0.3, -0.25) is 14.5 Å². The van der Waals surface area contributed by atoms with Gasteiger partial charge in [-0.1, -0.05) is 71.2 Å². The summed E-state index contributed by atoms with van der Waals surface area (Å²) in [5.41, 5.74) is 1.94. The van der Waals surface area contributed by atoms with Gasteiger partial charge in [-0.05, 0) is 24.0 Å². The highest BCUT2D eigenvalue weighted by Crippen LogP contribution is 2.39. The number of benzene rings is 1. The summed E-state index contributed by atoms with van der Waals surface area (Å²) in [7, 11) is 0. The van der Waals surface area contributed by atoms with Crippen molar-refractivity contribution < 1.29 is 4.79 Å². The average molecular weight is 455 g/mol. The maximum Gasteiger partial charge on any atom is 0.250 e. The van der Waals surface area contributed by atoms with E-state index < -0.39 is 9.96 Å². The summed E-state index contributed by atoms with van der Waals surface area (Å²) in [4.78, 5) is 26.9. The molecule has 1 fully saturated rings. The Morgan fingerprint density at radius 3 is 2.55 bits per heavy atom. The van der Waals surface area contributed by atoms with Crippen LogP contribution in [0.1, 0.15) is 23.6 Å². The van der Waals surface area contributed by atoms with Gasteiger partial charge in [0.05, 0.1) is 6.42 Å². The van der Waals surface area contributed by atoms with Crippen LogP contribution in [0.4, 0.5) is 0 Å². The van der Waals surface area contributed by atoms with E-state index in [-0.39, 0.29) is 29.7 Å². The number of nitrogens with zero attached hydrogens (tertiary/aromatic N) is 2. The first-order valence-electron chi connectivity index (χ1n) is 9.65. The number of carbonyl (C=O) groups excluding carboxylic acids is 1. The van der Waals surface area contributed by atoms with E-state index in [1.807, 2.05) is 45.9 Å². The fourth-order valence-corrected chi connectivity index (χ4v) is 5.09. The number of piperidine rings is 1. The van der Waals surface area contributed by atoms with Gasteiger partial charge in [-0.2, -0.15) is 0 Å². The molecule has 3 heterocycles. The number of rotatable bonds is 4. The van der Waals surface area contributed by atoms with Crippen LogP contribution in [-0.2, 0) is 17.8 Å². The summed E-state index contributed by atoms with van der Waals surface area (Å²) in [6.45, 7) is 1.91. The molecular formula is C21H22Cl3N3O2. The minimum absolute atomic E-state index is 0.0275. The number of hydrogen-bond donors (Lipinski definition) is 1. The lowest BCUT2D eigenvalue weighted by atomic mass is 9.83. The molecule has 1 aromatic carbocycles. The smallest absolute Gasteiger partial charge is 0.250 e. The van der Waals surface area contributed by atoms with Crippen LogP contribution >= 0.6 is 34.8 Å². The van der Waals surface area contributed by atoms with Gasteiger partial charge < -0.3 is 9.88 Å². The van der Waals surface area contributed by atoms with Crippen molar-refractivity contribution in [3.05, 3.63) is 70.1 Å². The second-order valence-electron chi connectivity index (χ2n) is 7.83. The molecule has 0 aliphatic carbocycles. The highest BCUT2D eigenvalue weighted by molar-refractivity contribution is 6.68. The third-order valence-corrected chi connectivity index (χ3v) is 6.31. The van der Waals surface area contributed by atoms with Crippen LogP contribution in [-0.4, -0.2) is 38.4 Å². The number of aromatic nitrogens is 1. The number of nitrogens with one attached hydrogen (secondary N) is 1. The van der Waals surface area contributed by atoms with Gasteiger partial charge in [0.15, 0.2) is 0 Å². The van der Waals surface area contributed by atoms with E-state index in [1.54, 1.807) is 12.1 Å². The van der Waals surface area contributed by atoms with Crippen molar-refractivity contribution in [2.24, 2.45) is 5.92 Å². The van der Waals surface area contributed by atoms with Crippen LogP contribution in [0.5, 0.6) is 0 Å². The molecule has 2 bridgehead atoms. The summed E-state index contributed by atoms with van der Waals surface area (Å²) < 4.78 is 0.183. The number of halogens is 3. The summed E-state index contributed by atoms with van der Waals surface area (Å²) in [6.07, 6.45) is 0.470. The molecule has 2 aliphatic rings. The van der Waals surface area contributed by atoms with Gasteiger partial charge in [0, 0.05) is 37.3 Å². The van der Waals surface area contributed by atoms with E-state index in [0.29, 0.717) is 19.6 Å². The van der Waals surface area contributed by atoms with Crippen LogP contribution in [0.25, 0.3) is 0 Å². The first-order valence-corrected chi connectivity index (χ1v) is 10.8. The molecule has 1 amide bonds. The Morgan fingerprint density at radius 2 is 1.83 bits per heavy atom. The van der Waals surface area contributed by atoms with E-state index in [4.69, 9.17) is 34.8 Å². The molecule has 8 heteroatoms. The van der Waals surface area contributed by atoms with Crippen LogP contribution in [0.2, 0.25) is 0 Å². The summed E-state index contributed by atoms with van der Waals surface area (Å²) in [5, 5.41) is 2.92. The molecule has 4 rings (SSSR count). The Bertz CT molecular complexity index is 942. The fraction of sp³-hybridized carbons (Fsp3) is 0.429. The molecule has 0 unspecified atom stereocenters. The Kier molecular flexibility index (Phi) is 5.94. The number of likely N-dealkylation sites (tertiary alicyclic amines) is 1. The van der Waals surface area contributed by atoms with Crippen LogP contribution in [0.3, 0.4) is 0 Å². The zero-order valence-corrected chi connectivity index (χ0v) is 18.0. The average Bonchev–Trinajstić information content (AvgIpc) is 2.67. The zero-order valence-electron chi connectivity index (χ0n) is 15.7. The predicted molar refractivity (Wildman–Crippen MR) is 115 cm³/mol.